The molecule has 1 heterocycles. The van der Waals surface area contributed by atoms with Crippen LogP contribution in [0.5, 0.6) is 11.5 Å². The predicted molar refractivity (Wildman–Crippen MR) is 106 cm³/mol. The van der Waals surface area contributed by atoms with E-state index in [1.807, 2.05) is 6.92 Å². The smallest absolute Gasteiger partial charge is 0.257 e. The Morgan fingerprint density at radius 3 is 2.56 bits per heavy atom. The molecule has 0 fully saturated rings. The fourth-order valence-corrected chi connectivity index (χ4v) is 2.71. The first kappa shape index (κ1) is 18.7. The van der Waals surface area contributed by atoms with Gasteiger partial charge >= 0.3 is 0 Å². The maximum Gasteiger partial charge on any atom is 0.257 e. The summed E-state index contributed by atoms with van der Waals surface area (Å²) in [5.41, 5.74) is 1.72. The standard InChI is InChI=1S/C19H19N3O4S/c1-2-4-17(23)20-13-5-3-6-14(10-13)21-19(27)22-18(24)12-7-8-15-16(9-12)26-11-25-15/h3,5-10H,2,4,11H2,1H3,(H,20,23)(H2,21,22,24,27). The van der Waals surface area contributed by atoms with Crippen LogP contribution in [0.3, 0.4) is 0 Å². The highest BCUT2D eigenvalue weighted by Gasteiger charge is 2.16. The van der Waals surface area contributed by atoms with Gasteiger partial charge in [-0.05, 0) is 55.0 Å². The quantitative estimate of drug-likeness (QED) is 0.685. The molecule has 2 aromatic rings. The van der Waals surface area contributed by atoms with Crippen LogP contribution in [-0.2, 0) is 4.79 Å². The number of anilines is 2. The molecule has 0 spiro atoms. The minimum Gasteiger partial charge on any atom is -0.454 e. The first-order valence-corrected chi connectivity index (χ1v) is 8.88. The van der Waals surface area contributed by atoms with Gasteiger partial charge in [0.1, 0.15) is 0 Å². The van der Waals surface area contributed by atoms with Gasteiger partial charge in [0.25, 0.3) is 5.91 Å². The van der Waals surface area contributed by atoms with Gasteiger partial charge in [0.15, 0.2) is 16.6 Å². The van der Waals surface area contributed by atoms with Crippen molar-refractivity contribution in [3.63, 3.8) is 0 Å². The molecule has 0 unspecified atom stereocenters. The Labute approximate surface area is 162 Å². The molecule has 0 radical (unpaired) electrons. The van der Waals surface area contributed by atoms with Crippen molar-refractivity contribution in [1.29, 1.82) is 0 Å². The number of amides is 2. The lowest BCUT2D eigenvalue weighted by atomic mass is 10.2. The summed E-state index contributed by atoms with van der Waals surface area (Å²) in [7, 11) is 0. The van der Waals surface area contributed by atoms with E-state index in [9.17, 15) is 9.59 Å². The molecule has 0 aromatic heterocycles. The maximum atomic E-state index is 12.3. The second kappa shape index (κ2) is 8.50. The second-order valence-corrected chi connectivity index (χ2v) is 6.26. The number of carbonyl (C=O) groups excluding carboxylic acids is 2. The molecule has 2 amide bonds. The SMILES string of the molecule is CCCC(=O)Nc1cccc(NC(=S)NC(=O)c2ccc3c(c2)OCO3)c1. The Bertz CT molecular complexity index is 885. The lowest BCUT2D eigenvalue weighted by Gasteiger charge is -2.11. The predicted octanol–water partition coefficient (Wildman–Crippen LogP) is 3.28. The summed E-state index contributed by atoms with van der Waals surface area (Å²) in [6, 6.07) is 12.0. The molecular formula is C19H19N3O4S. The van der Waals surface area contributed by atoms with E-state index in [0.29, 0.717) is 34.9 Å². The van der Waals surface area contributed by atoms with Gasteiger partial charge in [0.2, 0.25) is 12.7 Å². The molecule has 2 aromatic carbocycles. The van der Waals surface area contributed by atoms with Crippen molar-refractivity contribution in [2.75, 3.05) is 17.4 Å². The van der Waals surface area contributed by atoms with Crippen molar-refractivity contribution >= 4 is 40.5 Å². The van der Waals surface area contributed by atoms with Gasteiger partial charge in [-0.25, -0.2) is 0 Å². The highest BCUT2D eigenvalue weighted by molar-refractivity contribution is 7.80. The fourth-order valence-electron chi connectivity index (χ4n) is 2.50. The van der Waals surface area contributed by atoms with Gasteiger partial charge in [0, 0.05) is 23.4 Å². The van der Waals surface area contributed by atoms with E-state index < -0.39 is 0 Å². The molecule has 0 atom stereocenters. The summed E-state index contributed by atoms with van der Waals surface area (Å²) in [4.78, 5) is 24.0. The number of hydrogen-bond donors (Lipinski definition) is 3. The van der Waals surface area contributed by atoms with Gasteiger partial charge in [0.05, 0.1) is 0 Å². The third kappa shape index (κ3) is 4.95. The Hall–Kier alpha value is -3.13. The van der Waals surface area contributed by atoms with Gasteiger partial charge in [-0.3, -0.25) is 14.9 Å². The van der Waals surface area contributed by atoms with Crippen LogP contribution in [0.1, 0.15) is 30.1 Å². The summed E-state index contributed by atoms with van der Waals surface area (Å²) in [6.45, 7) is 2.09. The van der Waals surface area contributed by atoms with E-state index in [2.05, 4.69) is 16.0 Å². The highest BCUT2D eigenvalue weighted by atomic mass is 32.1. The number of fused-ring (bicyclic) bond motifs is 1. The molecule has 1 aliphatic heterocycles. The topological polar surface area (TPSA) is 88.7 Å². The third-order valence-electron chi connectivity index (χ3n) is 3.74. The maximum absolute atomic E-state index is 12.3. The Morgan fingerprint density at radius 1 is 1.04 bits per heavy atom. The van der Waals surface area contributed by atoms with Crippen LogP contribution in [0.25, 0.3) is 0 Å². The van der Waals surface area contributed by atoms with E-state index >= 15 is 0 Å². The zero-order chi connectivity index (χ0) is 19.2. The third-order valence-corrected chi connectivity index (χ3v) is 3.95. The lowest BCUT2D eigenvalue weighted by Crippen LogP contribution is -2.34. The molecule has 0 saturated heterocycles. The fraction of sp³-hybridized carbons (Fsp3) is 0.211. The van der Waals surface area contributed by atoms with Crippen LogP contribution in [0.2, 0.25) is 0 Å². The first-order valence-electron chi connectivity index (χ1n) is 8.47. The van der Waals surface area contributed by atoms with Crippen molar-refractivity contribution in [3.05, 3.63) is 48.0 Å². The van der Waals surface area contributed by atoms with Crippen molar-refractivity contribution < 1.29 is 19.1 Å². The van der Waals surface area contributed by atoms with E-state index in [4.69, 9.17) is 21.7 Å². The molecule has 3 N–H and O–H groups in total. The minimum atomic E-state index is -0.363. The molecule has 1 aliphatic rings. The monoisotopic (exact) mass is 385 g/mol. The van der Waals surface area contributed by atoms with Gasteiger partial charge in [-0.2, -0.15) is 0 Å². The molecular weight excluding hydrogens is 366 g/mol. The van der Waals surface area contributed by atoms with E-state index in [1.54, 1.807) is 42.5 Å². The van der Waals surface area contributed by atoms with E-state index in [-0.39, 0.29) is 23.7 Å². The van der Waals surface area contributed by atoms with Gasteiger partial charge in [-0.1, -0.05) is 13.0 Å². The number of rotatable bonds is 5. The first-order chi connectivity index (χ1) is 13.0. The average molecular weight is 385 g/mol. The summed E-state index contributed by atoms with van der Waals surface area (Å²) >= 11 is 5.20. The lowest BCUT2D eigenvalue weighted by molar-refractivity contribution is -0.116. The summed E-state index contributed by atoms with van der Waals surface area (Å²) in [6.07, 6.45) is 1.24. The number of carbonyl (C=O) groups is 2. The molecule has 8 heteroatoms. The van der Waals surface area contributed by atoms with Crippen molar-refractivity contribution in [1.82, 2.24) is 5.32 Å². The molecule has 27 heavy (non-hydrogen) atoms. The zero-order valence-electron chi connectivity index (χ0n) is 14.7. The normalized spacial score (nSPS) is 11.6. The molecule has 3 rings (SSSR count). The van der Waals surface area contributed by atoms with Crippen molar-refractivity contribution in [2.45, 2.75) is 19.8 Å². The summed E-state index contributed by atoms with van der Waals surface area (Å²) in [5, 5.41) is 8.51. The van der Waals surface area contributed by atoms with Crippen LogP contribution in [0.15, 0.2) is 42.5 Å². The Balaban J connectivity index is 1.59. The van der Waals surface area contributed by atoms with Crippen LogP contribution in [-0.4, -0.2) is 23.7 Å². The summed E-state index contributed by atoms with van der Waals surface area (Å²) in [5.74, 6) is 0.720. The summed E-state index contributed by atoms with van der Waals surface area (Å²) < 4.78 is 10.5. The van der Waals surface area contributed by atoms with Gasteiger partial charge in [-0.15, -0.1) is 0 Å². The van der Waals surface area contributed by atoms with Gasteiger partial charge < -0.3 is 20.1 Å². The van der Waals surface area contributed by atoms with Crippen LogP contribution in [0.4, 0.5) is 11.4 Å². The number of nitrogens with one attached hydrogen (secondary N) is 3. The molecule has 140 valence electrons. The van der Waals surface area contributed by atoms with Crippen LogP contribution < -0.4 is 25.4 Å². The number of ether oxygens (including phenoxy) is 2. The second-order valence-electron chi connectivity index (χ2n) is 5.86. The minimum absolute atomic E-state index is 0.0478. The van der Waals surface area contributed by atoms with Crippen molar-refractivity contribution in [3.8, 4) is 11.5 Å². The van der Waals surface area contributed by atoms with E-state index in [0.717, 1.165) is 6.42 Å². The van der Waals surface area contributed by atoms with Crippen molar-refractivity contribution in [2.24, 2.45) is 0 Å². The van der Waals surface area contributed by atoms with E-state index in [1.165, 1.54) is 0 Å². The number of hydrogen-bond acceptors (Lipinski definition) is 5. The largest absolute Gasteiger partial charge is 0.454 e. The Morgan fingerprint density at radius 2 is 1.78 bits per heavy atom. The van der Waals surface area contributed by atoms with Crippen LogP contribution >= 0.6 is 12.2 Å². The van der Waals surface area contributed by atoms with Crippen LogP contribution in [0, 0.1) is 0 Å². The molecule has 0 aliphatic carbocycles. The number of benzene rings is 2. The Kier molecular flexibility index (Phi) is 5.87. The zero-order valence-corrected chi connectivity index (χ0v) is 15.5. The highest BCUT2D eigenvalue weighted by Crippen LogP contribution is 2.32. The molecule has 0 saturated carbocycles. The molecule has 0 bridgehead atoms. The molecule has 7 nitrogen and oxygen atoms in total. The number of thiocarbonyl (C=S) groups is 1. The average Bonchev–Trinajstić information content (AvgIpc) is 3.09.